The lowest BCUT2D eigenvalue weighted by Gasteiger charge is -2.37. The summed E-state index contributed by atoms with van der Waals surface area (Å²) in [6.45, 7) is 10.1. The summed E-state index contributed by atoms with van der Waals surface area (Å²) in [5.74, 6) is -1.62. The Morgan fingerprint density at radius 1 is 0.930 bits per heavy atom. The van der Waals surface area contributed by atoms with E-state index in [1.807, 2.05) is 93.5 Å². The van der Waals surface area contributed by atoms with E-state index in [1.165, 1.54) is 0 Å². The van der Waals surface area contributed by atoms with Gasteiger partial charge in [-0.3, -0.25) is 9.59 Å². The number of aliphatic hydroxyl groups excluding tert-OH is 1. The number of aliphatic hydroxyl groups is 1. The third kappa shape index (κ3) is 12.4. The van der Waals surface area contributed by atoms with E-state index in [-0.39, 0.29) is 18.2 Å². The van der Waals surface area contributed by atoms with Crippen molar-refractivity contribution in [2.24, 2.45) is 17.6 Å². The summed E-state index contributed by atoms with van der Waals surface area (Å²) in [6, 6.07) is 17.7. The van der Waals surface area contributed by atoms with Gasteiger partial charge >= 0.3 is 6.09 Å². The molecule has 0 aromatic heterocycles. The second kappa shape index (κ2) is 17.0. The number of nitrogens with one attached hydrogen (secondary N) is 1. The van der Waals surface area contributed by atoms with Gasteiger partial charge in [0.2, 0.25) is 11.8 Å². The highest BCUT2D eigenvalue weighted by molar-refractivity contribution is 5.88. The normalized spacial score (nSPS) is 15.2. The van der Waals surface area contributed by atoms with Gasteiger partial charge in [-0.05, 0) is 71.2 Å². The maximum Gasteiger partial charge on any atom is 0.407 e. The molecule has 0 radical (unpaired) electrons. The fourth-order valence-corrected chi connectivity index (χ4v) is 5.13. The van der Waals surface area contributed by atoms with Crippen molar-refractivity contribution in [2.45, 2.75) is 84.1 Å². The molecule has 43 heavy (non-hydrogen) atoms. The molecule has 3 amide bonds. The zero-order chi connectivity index (χ0) is 32.2. The standard InChI is InChI=1S/C34H52N4O5/c1-8-24(2)30(31(35)40)38(20-19-37(6)7)32(41)27(21-25-15-11-9-12-16-25)23-29(39)28(22-26-17-13-10-14-18-26)36-33(42)43-34(3,4)5/h9-18,24,27-30,39H,8,19-23H2,1-7H3,(H2,35,40)(H,36,42)/t24-,27?,28?,29?,30-/m0/s1. The Morgan fingerprint density at radius 2 is 1.47 bits per heavy atom. The monoisotopic (exact) mass is 596 g/mol. The Bertz CT molecular complexity index is 1140. The maximum absolute atomic E-state index is 14.4. The van der Waals surface area contributed by atoms with E-state index < -0.39 is 41.7 Å². The Morgan fingerprint density at radius 3 is 1.93 bits per heavy atom. The van der Waals surface area contributed by atoms with Crippen LogP contribution in [0.5, 0.6) is 0 Å². The van der Waals surface area contributed by atoms with Crippen LogP contribution in [0.15, 0.2) is 60.7 Å². The van der Waals surface area contributed by atoms with Crippen molar-refractivity contribution in [1.29, 1.82) is 0 Å². The van der Waals surface area contributed by atoms with E-state index >= 15 is 0 Å². The van der Waals surface area contributed by atoms with Crippen molar-refractivity contribution in [2.75, 3.05) is 27.2 Å². The molecule has 9 nitrogen and oxygen atoms in total. The van der Waals surface area contributed by atoms with Crippen LogP contribution in [-0.2, 0) is 27.2 Å². The SMILES string of the molecule is CC[C@H](C)[C@@H](C(N)=O)N(CCN(C)C)C(=O)C(Cc1ccccc1)CC(O)C(Cc1ccccc1)NC(=O)OC(C)(C)C. The van der Waals surface area contributed by atoms with Crippen LogP contribution in [0.3, 0.4) is 0 Å². The van der Waals surface area contributed by atoms with Crippen molar-refractivity contribution in [3.8, 4) is 0 Å². The summed E-state index contributed by atoms with van der Waals surface area (Å²) in [6.07, 6.45) is -0.302. The molecule has 0 aliphatic heterocycles. The number of carbonyl (C=O) groups excluding carboxylic acids is 3. The van der Waals surface area contributed by atoms with E-state index in [2.05, 4.69) is 5.32 Å². The van der Waals surface area contributed by atoms with E-state index in [0.29, 0.717) is 32.4 Å². The van der Waals surface area contributed by atoms with Gasteiger partial charge in [-0.15, -0.1) is 0 Å². The van der Waals surface area contributed by atoms with Crippen LogP contribution in [0.25, 0.3) is 0 Å². The fourth-order valence-electron chi connectivity index (χ4n) is 5.13. The highest BCUT2D eigenvalue weighted by Crippen LogP contribution is 2.24. The Balaban J connectivity index is 2.47. The average Bonchev–Trinajstić information content (AvgIpc) is 2.93. The van der Waals surface area contributed by atoms with Gasteiger partial charge < -0.3 is 30.7 Å². The molecule has 0 spiro atoms. The molecule has 0 saturated carbocycles. The minimum absolute atomic E-state index is 0.0610. The van der Waals surface area contributed by atoms with E-state index in [4.69, 9.17) is 10.5 Å². The number of ether oxygens (including phenoxy) is 1. The van der Waals surface area contributed by atoms with Crippen molar-refractivity contribution < 1.29 is 24.2 Å². The van der Waals surface area contributed by atoms with Crippen LogP contribution in [0.1, 0.15) is 58.6 Å². The number of nitrogens with zero attached hydrogens (tertiary/aromatic N) is 2. The molecule has 0 heterocycles. The fraction of sp³-hybridized carbons (Fsp3) is 0.559. The number of alkyl carbamates (subject to hydrolysis) is 1. The van der Waals surface area contributed by atoms with E-state index in [0.717, 1.165) is 11.1 Å². The first-order chi connectivity index (χ1) is 20.2. The van der Waals surface area contributed by atoms with E-state index in [9.17, 15) is 19.5 Å². The molecule has 0 aliphatic rings. The van der Waals surface area contributed by atoms with Gasteiger partial charge in [0.15, 0.2) is 0 Å². The first-order valence-corrected chi connectivity index (χ1v) is 15.2. The number of hydrogen-bond acceptors (Lipinski definition) is 6. The number of carbonyl (C=O) groups is 3. The second-order valence-corrected chi connectivity index (χ2v) is 12.7. The van der Waals surface area contributed by atoms with Gasteiger partial charge in [-0.1, -0.05) is 80.9 Å². The number of primary amides is 1. The summed E-state index contributed by atoms with van der Waals surface area (Å²) < 4.78 is 5.50. The lowest BCUT2D eigenvalue weighted by atomic mass is 9.87. The summed E-state index contributed by atoms with van der Waals surface area (Å²) in [7, 11) is 3.82. The minimum Gasteiger partial charge on any atom is -0.444 e. The molecule has 4 N–H and O–H groups in total. The van der Waals surface area contributed by atoms with Gasteiger partial charge in [-0.2, -0.15) is 0 Å². The molecule has 0 saturated heterocycles. The highest BCUT2D eigenvalue weighted by Gasteiger charge is 2.37. The van der Waals surface area contributed by atoms with Gasteiger partial charge in [0.1, 0.15) is 11.6 Å². The first kappa shape index (κ1) is 35.8. The van der Waals surface area contributed by atoms with Crippen molar-refractivity contribution >= 4 is 17.9 Å². The molecule has 3 unspecified atom stereocenters. The Kier molecular flexibility index (Phi) is 14.1. The number of amides is 3. The van der Waals surface area contributed by atoms with Crippen LogP contribution in [-0.4, -0.2) is 83.8 Å². The molecular formula is C34H52N4O5. The number of nitrogens with two attached hydrogens (primary N) is 1. The number of rotatable bonds is 16. The van der Waals surface area contributed by atoms with Crippen LogP contribution in [0, 0.1) is 11.8 Å². The molecule has 238 valence electrons. The summed E-state index contributed by atoms with van der Waals surface area (Å²) in [4.78, 5) is 43.6. The largest absolute Gasteiger partial charge is 0.444 e. The van der Waals surface area contributed by atoms with Gasteiger partial charge in [-0.25, -0.2) is 4.79 Å². The molecule has 9 heteroatoms. The molecule has 5 atom stereocenters. The molecule has 2 aromatic rings. The highest BCUT2D eigenvalue weighted by atomic mass is 16.6. The Hall–Kier alpha value is -3.43. The third-order valence-electron chi connectivity index (χ3n) is 7.55. The summed E-state index contributed by atoms with van der Waals surface area (Å²) in [5.41, 5.74) is 7.03. The van der Waals surface area contributed by atoms with E-state index in [1.54, 1.807) is 25.7 Å². The van der Waals surface area contributed by atoms with Crippen LogP contribution >= 0.6 is 0 Å². The van der Waals surface area contributed by atoms with Crippen LogP contribution in [0.2, 0.25) is 0 Å². The van der Waals surface area contributed by atoms with Crippen molar-refractivity contribution in [3.63, 3.8) is 0 Å². The van der Waals surface area contributed by atoms with Gasteiger partial charge in [0.25, 0.3) is 0 Å². The average molecular weight is 597 g/mol. The summed E-state index contributed by atoms with van der Waals surface area (Å²) in [5, 5.41) is 14.5. The van der Waals surface area contributed by atoms with Gasteiger partial charge in [0.05, 0.1) is 12.1 Å². The lowest BCUT2D eigenvalue weighted by molar-refractivity contribution is -0.145. The van der Waals surface area contributed by atoms with Crippen molar-refractivity contribution in [3.05, 3.63) is 71.8 Å². The second-order valence-electron chi connectivity index (χ2n) is 12.7. The minimum atomic E-state index is -1.09. The van der Waals surface area contributed by atoms with Crippen molar-refractivity contribution in [1.82, 2.24) is 15.1 Å². The van der Waals surface area contributed by atoms with Crippen LogP contribution in [0.4, 0.5) is 4.79 Å². The molecule has 2 aromatic carbocycles. The molecule has 0 aliphatic carbocycles. The number of hydrogen-bond donors (Lipinski definition) is 3. The zero-order valence-corrected chi connectivity index (χ0v) is 27.0. The summed E-state index contributed by atoms with van der Waals surface area (Å²) >= 11 is 0. The first-order valence-electron chi connectivity index (χ1n) is 15.2. The molecular weight excluding hydrogens is 544 g/mol. The predicted molar refractivity (Wildman–Crippen MR) is 170 cm³/mol. The quantitative estimate of drug-likeness (QED) is 0.269. The molecule has 0 bridgehead atoms. The van der Waals surface area contributed by atoms with Crippen LogP contribution < -0.4 is 11.1 Å². The lowest BCUT2D eigenvalue weighted by Crippen LogP contribution is -2.55. The van der Waals surface area contributed by atoms with Gasteiger partial charge in [0, 0.05) is 19.0 Å². The molecule has 2 rings (SSSR count). The molecule has 0 fully saturated rings. The Labute approximate surface area is 257 Å². The zero-order valence-electron chi connectivity index (χ0n) is 27.0. The maximum atomic E-state index is 14.4. The third-order valence-corrected chi connectivity index (χ3v) is 7.55. The smallest absolute Gasteiger partial charge is 0.407 e. The predicted octanol–water partition coefficient (Wildman–Crippen LogP) is 4.02. The number of likely N-dealkylation sites (N-methyl/N-ethyl adjacent to an activating group) is 1. The number of benzene rings is 2. The topological polar surface area (TPSA) is 125 Å².